The summed E-state index contributed by atoms with van der Waals surface area (Å²) in [5.41, 5.74) is 13.5. The van der Waals surface area contributed by atoms with Crippen molar-refractivity contribution in [2.45, 2.75) is 0 Å². The summed E-state index contributed by atoms with van der Waals surface area (Å²) in [4.78, 5) is 15.4. The van der Waals surface area contributed by atoms with E-state index in [0.29, 0.717) is 17.5 Å². The molecule has 4 heteroatoms. The van der Waals surface area contributed by atoms with Crippen LogP contribution in [-0.4, -0.2) is 15.0 Å². The van der Waals surface area contributed by atoms with Crippen molar-refractivity contribution in [2.75, 3.05) is 0 Å². The Labute approximate surface area is 319 Å². The highest BCUT2D eigenvalue weighted by atomic mass is 16.3. The van der Waals surface area contributed by atoms with Crippen LogP contribution in [0.1, 0.15) is 0 Å². The molecule has 4 nitrogen and oxygen atoms in total. The molecule has 10 aromatic rings. The first-order chi connectivity index (χ1) is 27.2. The number of hydrogen-bond acceptors (Lipinski definition) is 4. The van der Waals surface area contributed by atoms with E-state index in [1.54, 1.807) is 0 Å². The van der Waals surface area contributed by atoms with Crippen molar-refractivity contribution in [3.63, 3.8) is 0 Å². The Bertz CT molecular complexity index is 2970. The van der Waals surface area contributed by atoms with E-state index in [2.05, 4.69) is 164 Å². The molecule has 0 atom stereocenters. The van der Waals surface area contributed by atoms with Gasteiger partial charge in [0, 0.05) is 27.5 Å². The Hall–Kier alpha value is -7.43. The normalized spacial score (nSPS) is 11.3. The molecule has 8 aromatic carbocycles. The lowest BCUT2D eigenvalue weighted by Gasteiger charge is -2.13. The van der Waals surface area contributed by atoms with Gasteiger partial charge in [-0.05, 0) is 68.8 Å². The predicted molar refractivity (Wildman–Crippen MR) is 225 cm³/mol. The average molecular weight is 704 g/mol. The minimum Gasteiger partial charge on any atom is -0.456 e. The van der Waals surface area contributed by atoms with Crippen molar-refractivity contribution in [3.05, 3.63) is 200 Å². The largest absolute Gasteiger partial charge is 0.456 e. The van der Waals surface area contributed by atoms with Crippen LogP contribution in [0.25, 0.3) is 101 Å². The molecule has 0 aliphatic heterocycles. The quantitative estimate of drug-likeness (QED) is 0.166. The van der Waals surface area contributed by atoms with Gasteiger partial charge in [-0.25, -0.2) is 15.0 Å². The second-order valence-corrected chi connectivity index (χ2v) is 13.6. The molecule has 0 amide bonds. The van der Waals surface area contributed by atoms with Crippen molar-refractivity contribution >= 4 is 21.9 Å². The highest BCUT2D eigenvalue weighted by Crippen LogP contribution is 2.38. The molecule has 0 N–H and O–H groups in total. The van der Waals surface area contributed by atoms with Gasteiger partial charge in [-0.3, -0.25) is 0 Å². The molecule has 0 bridgehead atoms. The van der Waals surface area contributed by atoms with E-state index in [4.69, 9.17) is 19.4 Å². The van der Waals surface area contributed by atoms with Gasteiger partial charge < -0.3 is 4.42 Å². The number of hydrogen-bond donors (Lipinski definition) is 0. The van der Waals surface area contributed by atoms with Crippen LogP contribution in [-0.2, 0) is 0 Å². The van der Waals surface area contributed by atoms with Crippen LogP contribution in [0.2, 0.25) is 0 Å². The Kier molecular flexibility index (Phi) is 8.12. The number of fused-ring (bicyclic) bond motifs is 3. The molecule has 0 saturated carbocycles. The molecule has 0 aliphatic carbocycles. The zero-order chi connectivity index (χ0) is 36.6. The first-order valence-corrected chi connectivity index (χ1v) is 18.4. The summed E-state index contributed by atoms with van der Waals surface area (Å²) < 4.78 is 6.22. The third-order valence-corrected chi connectivity index (χ3v) is 10.2. The molecular formula is C51H33N3O. The molecule has 0 radical (unpaired) electrons. The van der Waals surface area contributed by atoms with Crippen LogP contribution < -0.4 is 0 Å². The summed E-state index contributed by atoms with van der Waals surface area (Å²) in [5, 5.41) is 2.24. The molecular weight excluding hydrogens is 671 g/mol. The van der Waals surface area contributed by atoms with Gasteiger partial charge >= 0.3 is 0 Å². The molecule has 258 valence electrons. The average Bonchev–Trinajstić information content (AvgIpc) is 3.66. The van der Waals surface area contributed by atoms with Crippen molar-refractivity contribution < 1.29 is 4.42 Å². The Morgan fingerprint density at radius 3 is 1.51 bits per heavy atom. The summed E-state index contributed by atoms with van der Waals surface area (Å²) in [6.45, 7) is 0. The number of aromatic nitrogens is 3. The summed E-state index contributed by atoms with van der Waals surface area (Å²) >= 11 is 0. The van der Waals surface area contributed by atoms with Crippen LogP contribution in [0.15, 0.2) is 205 Å². The molecule has 0 spiro atoms. The molecule has 2 heterocycles. The van der Waals surface area contributed by atoms with Crippen LogP contribution in [0.4, 0.5) is 0 Å². The summed E-state index contributed by atoms with van der Waals surface area (Å²) in [5.74, 6) is 1.86. The summed E-state index contributed by atoms with van der Waals surface area (Å²) in [7, 11) is 0. The fourth-order valence-electron chi connectivity index (χ4n) is 7.46. The molecule has 0 saturated heterocycles. The van der Waals surface area contributed by atoms with Gasteiger partial charge in [0.2, 0.25) is 0 Å². The Morgan fingerprint density at radius 2 is 0.745 bits per heavy atom. The van der Waals surface area contributed by atoms with Crippen molar-refractivity contribution in [1.29, 1.82) is 0 Å². The first-order valence-electron chi connectivity index (χ1n) is 18.4. The SMILES string of the molecule is c1ccc(-c2ccc(-c3nc(-c4cccc(-c5cccc(-c6cccc7oc8ccccc8c67)c5)c4)nc(-c4ccccc4-c4ccccc4)n3)cc2)cc1. The maximum Gasteiger partial charge on any atom is 0.164 e. The molecule has 2 aromatic heterocycles. The number of rotatable bonds is 7. The van der Waals surface area contributed by atoms with Gasteiger partial charge in [0.25, 0.3) is 0 Å². The molecule has 55 heavy (non-hydrogen) atoms. The van der Waals surface area contributed by atoms with Gasteiger partial charge in [-0.1, -0.05) is 176 Å². The smallest absolute Gasteiger partial charge is 0.164 e. The third kappa shape index (κ3) is 6.16. The van der Waals surface area contributed by atoms with Crippen LogP contribution >= 0.6 is 0 Å². The minimum atomic E-state index is 0.614. The van der Waals surface area contributed by atoms with Crippen molar-refractivity contribution in [1.82, 2.24) is 15.0 Å². The zero-order valence-corrected chi connectivity index (χ0v) is 29.8. The fourth-order valence-corrected chi connectivity index (χ4v) is 7.46. The molecule has 0 unspecified atom stereocenters. The minimum absolute atomic E-state index is 0.614. The van der Waals surface area contributed by atoms with Gasteiger partial charge in [-0.15, -0.1) is 0 Å². The fraction of sp³-hybridized carbons (Fsp3) is 0. The highest BCUT2D eigenvalue weighted by Gasteiger charge is 2.17. The van der Waals surface area contributed by atoms with Crippen molar-refractivity contribution in [3.8, 4) is 78.7 Å². The van der Waals surface area contributed by atoms with E-state index >= 15 is 0 Å². The second kappa shape index (κ2) is 13.8. The number of benzene rings is 8. The van der Waals surface area contributed by atoms with Gasteiger partial charge in [0.15, 0.2) is 17.5 Å². The van der Waals surface area contributed by atoms with Gasteiger partial charge in [0.1, 0.15) is 11.2 Å². The Balaban J connectivity index is 1.09. The van der Waals surface area contributed by atoms with E-state index in [9.17, 15) is 0 Å². The monoisotopic (exact) mass is 703 g/mol. The number of para-hydroxylation sites is 1. The van der Waals surface area contributed by atoms with Crippen LogP contribution in [0.5, 0.6) is 0 Å². The topological polar surface area (TPSA) is 51.8 Å². The number of furan rings is 1. The number of nitrogens with zero attached hydrogens (tertiary/aromatic N) is 3. The standard InChI is InChI=1S/C51H33N3O/c1-3-14-34(15-4-1)35-28-30-37(31-29-35)49-52-50(54-51(53-49)44-23-8-7-22-42(44)36-16-5-2-6-17-36)41-21-12-19-39(33-41)38-18-11-20-40(32-38)43-25-13-27-47-48(43)45-24-9-10-26-46(45)55-47/h1-33H. The van der Waals surface area contributed by atoms with E-state index in [-0.39, 0.29) is 0 Å². The van der Waals surface area contributed by atoms with Crippen LogP contribution in [0.3, 0.4) is 0 Å². The lowest BCUT2D eigenvalue weighted by Crippen LogP contribution is -2.01. The summed E-state index contributed by atoms with van der Waals surface area (Å²) in [6.07, 6.45) is 0. The molecule has 0 aliphatic rings. The molecule has 10 rings (SSSR count). The first kappa shape index (κ1) is 32.2. The van der Waals surface area contributed by atoms with E-state index in [1.807, 2.05) is 36.4 Å². The summed E-state index contributed by atoms with van der Waals surface area (Å²) in [6, 6.07) is 69.3. The van der Waals surface area contributed by atoms with E-state index in [0.717, 1.165) is 77.6 Å². The Morgan fingerprint density at radius 1 is 0.273 bits per heavy atom. The molecule has 0 fully saturated rings. The van der Waals surface area contributed by atoms with Gasteiger partial charge in [0.05, 0.1) is 0 Å². The maximum absolute atomic E-state index is 6.22. The highest BCUT2D eigenvalue weighted by molar-refractivity contribution is 6.12. The maximum atomic E-state index is 6.22. The van der Waals surface area contributed by atoms with E-state index < -0.39 is 0 Å². The second-order valence-electron chi connectivity index (χ2n) is 13.6. The zero-order valence-electron chi connectivity index (χ0n) is 29.8. The van der Waals surface area contributed by atoms with Crippen molar-refractivity contribution in [2.24, 2.45) is 0 Å². The lowest BCUT2D eigenvalue weighted by atomic mass is 9.95. The predicted octanol–water partition coefficient (Wildman–Crippen LogP) is 13.4. The third-order valence-electron chi connectivity index (χ3n) is 10.2. The van der Waals surface area contributed by atoms with E-state index in [1.165, 1.54) is 5.56 Å². The van der Waals surface area contributed by atoms with Crippen LogP contribution in [0, 0.1) is 0 Å². The lowest BCUT2D eigenvalue weighted by molar-refractivity contribution is 0.669. The van der Waals surface area contributed by atoms with Gasteiger partial charge in [-0.2, -0.15) is 0 Å².